The summed E-state index contributed by atoms with van der Waals surface area (Å²) in [6, 6.07) is 8.99. The highest BCUT2D eigenvalue weighted by atomic mass is 35.5. The van der Waals surface area contributed by atoms with Gasteiger partial charge in [0.15, 0.2) is 10.9 Å². The lowest BCUT2D eigenvalue weighted by molar-refractivity contribution is -0.126. The number of anilines is 2. The topological polar surface area (TPSA) is 125 Å². The van der Waals surface area contributed by atoms with Gasteiger partial charge in [-0.3, -0.25) is 14.3 Å². The quantitative estimate of drug-likeness (QED) is 0.243. The third-order valence-corrected chi connectivity index (χ3v) is 8.27. The van der Waals surface area contributed by atoms with E-state index in [0.29, 0.717) is 54.7 Å². The van der Waals surface area contributed by atoms with E-state index < -0.39 is 26.6 Å². The number of amides is 1. The number of nitrogens with one attached hydrogen (secondary N) is 1. The molecule has 3 heterocycles. The molecule has 2 aromatic heterocycles. The van der Waals surface area contributed by atoms with E-state index >= 15 is 0 Å². The van der Waals surface area contributed by atoms with Crippen molar-refractivity contribution in [3.63, 3.8) is 0 Å². The van der Waals surface area contributed by atoms with E-state index in [4.69, 9.17) is 11.6 Å². The minimum Gasteiger partial charge on any atom is -0.352 e. The van der Waals surface area contributed by atoms with Crippen LogP contribution in [0.25, 0.3) is 22.0 Å². The van der Waals surface area contributed by atoms with Gasteiger partial charge in [-0.2, -0.15) is 0 Å². The van der Waals surface area contributed by atoms with Crippen molar-refractivity contribution in [1.82, 2.24) is 19.9 Å². The van der Waals surface area contributed by atoms with Gasteiger partial charge in [-0.1, -0.05) is 17.7 Å². The van der Waals surface area contributed by atoms with Crippen molar-refractivity contribution in [1.29, 1.82) is 0 Å². The second-order valence-electron chi connectivity index (χ2n) is 9.43. The zero-order chi connectivity index (χ0) is 30.0. The third-order valence-electron chi connectivity index (χ3n) is 6.57. The monoisotopic (exact) mass is 612 g/mol. The van der Waals surface area contributed by atoms with E-state index in [1.54, 1.807) is 17.0 Å². The third kappa shape index (κ3) is 6.21. The number of rotatable bonds is 7. The summed E-state index contributed by atoms with van der Waals surface area (Å²) in [4.78, 5) is 39.4. The van der Waals surface area contributed by atoms with E-state index in [1.807, 2.05) is 11.0 Å². The maximum absolute atomic E-state index is 14.2. The second kappa shape index (κ2) is 11.8. The molecule has 1 aliphatic rings. The zero-order valence-electron chi connectivity index (χ0n) is 22.1. The number of ketones is 1. The number of halogens is 3. The van der Waals surface area contributed by atoms with Crippen LogP contribution in [-0.4, -0.2) is 66.1 Å². The Bertz CT molecular complexity index is 1850. The SMILES string of the molecule is CC(=O)/C=C/C(=O)N1CCN(c2ncnc3ccc(-c4cnc(Cl)c(NS(=O)(=O)c5ccc(F)cc5F)c4)cc23)CC1. The number of allylic oxidation sites excluding steroid dienone is 1. The number of carbonyl (C=O) groups is 2. The Kier molecular flexibility index (Phi) is 8.14. The highest BCUT2D eigenvalue weighted by molar-refractivity contribution is 7.92. The molecule has 5 rings (SSSR count). The minimum atomic E-state index is -4.45. The highest BCUT2D eigenvalue weighted by Gasteiger charge is 2.24. The number of hydrogen-bond donors (Lipinski definition) is 1. The summed E-state index contributed by atoms with van der Waals surface area (Å²) in [7, 11) is -4.45. The van der Waals surface area contributed by atoms with E-state index in [9.17, 15) is 26.8 Å². The Labute approximate surface area is 244 Å². The summed E-state index contributed by atoms with van der Waals surface area (Å²) in [5.41, 5.74) is 1.73. The van der Waals surface area contributed by atoms with Gasteiger partial charge in [0.1, 0.15) is 28.7 Å². The summed E-state index contributed by atoms with van der Waals surface area (Å²) in [5.74, 6) is -1.94. The highest BCUT2D eigenvalue weighted by Crippen LogP contribution is 2.33. The smallest absolute Gasteiger partial charge is 0.264 e. The van der Waals surface area contributed by atoms with E-state index in [1.165, 1.54) is 37.7 Å². The van der Waals surface area contributed by atoms with Crippen LogP contribution in [0.2, 0.25) is 5.15 Å². The van der Waals surface area contributed by atoms with Gasteiger partial charge >= 0.3 is 0 Å². The lowest BCUT2D eigenvalue weighted by Crippen LogP contribution is -2.48. The van der Waals surface area contributed by atoms with Crippen LogP contribution in [-0.2, 0) is 19.6 Å². The van der Waals surface area contributed by atoms with Crippen LogP contribution in [0.1, 0.15) is 6.92 Å². The molecule has 1 N–H and O–H groups in total. The molecule has 0 saturated carbocycles. The molecule has 42 heavy (non-hydrogen) atoms. The summed E-state index contributed by atoms with van der Waals surface area (Å²) < 4.78 is 55.4. The number of fused-ring (bicyclic) bond motifs is 1. The number of piperazine rings is 1. The molecule has 0 unspecified atom stereocenters. The first-order chi connectivity index (χ1) is 20.0. The van der Waals surface area contributed by atoms with Gasteiger partial charge in [-0.25, -0.2) is 32.2 Å². The Hall–Kier alpha value is -4.49. The first-order valence-electron chi connectivity index (χ1n) is 12.6. The van der Waals surface area contributed by atoms with Crippen molar-refractivity contribution in [2.75, 3.05) is 35.8 Å². The molecule has 216 valence electrons. The number of benzene rings is 2. The Morgan fingerprint density at radius 1 is 0.952 bits per heavy atom. The van der Waals surface area contributed by atoms with Crippen molar-refractivity contribution >= 4 is 55.7 Å². The Balaban J connectivity index is 1.42. The Morgan fingerprint density at radius 3 is 2.43 bits per heavy atom. The molecule has 4 aromatic rings. The van der Waals surface area contributed by atoms with E-state index in [0.717, 1.165) is 17.5 Å². The molecule has 10 nitrogen and oxygen atoms in total. The number of nitrogens with zero attached hydrogens (tertiary/aromatic N) is 5. The van der Waals surface area contributed by atoms with Crippen molar-refractivity contribution in [3.05, 3.63) is 83.9 Å². The molecule has 0 aliphatic carbocycles. The van der Waals surface area contributed by atoms with Gasteiger partial charge in [-0.05, 0) is 48.9 Å². The molecule has 0 radical (unpaired) electrons. The number of hydrogen-bond acceptors (Lipinski definition) is 8. The largest absolute Gasteiger partial charge is 0.352 e. The fraction of sp³-hybridized carbons (Fsp3) is 0.179. The summed E-state index contributed by atoms with van der Waals surface area (Å²) in [5, 5.41) is 0.553. The van der Waals surface area contributed by atoms with Crippen LogP contribution in [0.4, 0.5) is 20.3 Å². The van der Waals surface area contributed by atoms with Gasteiger partial charge in [0, 0.05) is 55.5 Å². The molecular formula is C28H23ClF2N6O4S. The van der Waals surface area contributed by atoms with E-state index in [-0.39, 0.29) is 22.5 Å². The number of aromatic nitrogens is 3. The summed E-state index contributed by atoms with van der Waals surface area (Å²) in [6.07, 6.45) is 5.43. The van der Waals surface area contributed by atoms with E-state index in [2.05, 4.69) is 19.7 Å². The van der Waals surface area contributed by atoms with Crippen LogP contribution in [0.5, 0.6) is 0 Å². The minimum absolute atomic E-state index is 0.0952. The van der Waals surface area contributed by atoms with Crippen molar-refractivity contribution in [3.8, 4) is 11.1 Å². The number of carbonyl (C=O) groups excluding carboxylic acids is 2. The van der Waals surface area contributed by atoms with Gasteiger partial charge < -0.3 is 9.80 Å². The molecular weight excluding hydrogens is 590 g/mol. The normalized spacial score (nSPS) is 14.0. The molecule has 0 spiro atoms. The molecule has 1 amide bonds. The van der Waals surface area contributed by atoms with Crippen LogP contribution >= 0.6 is 11.6 Å². The van der Waals surface area contributed by atoms with Crippen LogP contribution in [0.3, 0.4) is 0 Å². The molecule has 1 aliphatic heterocycles. The predicted molar refractivity (Wildman–Crippen MR) is 154 cm³/mol. The molecule has 14 heteroatoms. The molecule has 2 aromatic carbocycles. The standard InChI is InChI=1S/C28H23ClF2N6O4S/c1-17(38)2-7-26(39)36-8-10-37(11-9-36)28-21-12-18(3-5-23(21)33-16-34-28)19-13-24(27(29)32-15-19)35-42(40,41)25-6-4-20(30)14-22(25)31/h2-7,12-16,35H,8-11H2,1H3/b7-2+. The van der Waals surface area contributed by atoms with Gasteiger partial charge in [0.25, 0.3) is 10.0 Å². The molecule has 1 saturated heterocycles. The molecule has 0 atom stereocenters. The van der Waals surface area contributed by atoms with Gasteiger partial charge in [0.2, 0.25) is 5.91 Å². The maximum atomic E-state index is 14.2. The lowest BCUT2D eigenvalue weighted by atomic mass is 10.0. The number of sulfonamides is 1. The van der Waals surface area contributed by atoms with Gasteiger partial charge in [-0.15, -0.1) is 0 Å². The average Bonchev–Trinajstić information content (AvgIpc) is 2.96. The van der Waals surface area contributed by atoms with Crippen molar-refractivity contribution < 1.29 is 26.8 Å². The predicted octanol–water partition coefficient (Wildman–Crippen LogP) is 4.22. The Morgan fingerprint density at radius 2 is 1.71 bits per heavy atom. The molecule has 1 fully saturated rings. The fourth-order valence-electron chi connectivity index (χ4n) is 4.48. The number of pyridine rings is 1. The van der Waals surface area contributed by atoms with Gasteiger partial charge in [0.05, 0.1) is 11.2 Å². The maximum Gasteiger partial charge on any atom is 0.264 e. The van der Waals surface area contributed by atoms with Crippen molar-refractivity contribution in [2.24, 2.45) is 0 Å². The fourth-order valence-corrected chi connectivity index (χ4v) is 5.80. The first-order valence-corrected chi connectivity index (χ1v) is 14.5. The average molecular weight is 613 g/mol. The van der Waals surface area contributed by atoms with Crippen LogP contribution in [0.15, 0.2) is 72.0 Å². The van der Waals surface area contributed by atoms with Crippen molar-refractivity contribution in [2.45, 2.75) is 11.8 Å². The van der Waals surface area contributed by atoms with Crippen LogP contribution in [0, 0.1) is 11.6 Å². The zero-order valence-corrected chi connectivity index (χ0v) is 23.7. The summed E-state index contributed by atoms with van der Waals surface area (Å²) in [6.45, 7) is 3.26. The first kappa shape index (κ1) is 29.0. The second-order valence-corrected chi connectivity index (χ2v) is 11.4. The molecule has 0 bridgehead atoms. The lowest BCUT2D eigenvalue weighted by Gasteiger charge is -2.35. The summed E-state index contributed by atoms with van der Waals surface area (Å²) >= 11 is 6.17. The van der Waals surface area contributed by atoms with Crippen LogP contribution < -0.4 is 9.62 Å².